The lowest BCUT2D eigenvalue weighted by Crippen LogP contribution is -2.11. The summed E-state index contributed by atoms with van der Waals surface area (Å²) >= 11 is 0. The third kappa shape index (κ3) is 1.44. The van der Waals surface area contributed by atoms with Crippen LogP contribution in [0, 0.1) is 5.95 Å². The fourth-order valence-electron chi connectivity index (χ4n) is 0.829. The minimum absolute atomic E-state index is 0.142. The smallest absolute Gasteiger partial charge is 0.359 e. The minimum atomic E-state index is -0.795. The van der Waals surface area contributed by atoms with Crippen LogP contribution in [0.15, 0.2) is 6.33 Å². The normalized spacial score (nSPS) is 9.92. The molecule has 0 fully saturated rings. The van der Waals surface area contributed by atoms with Gasteiger partial charge >= 0.3 is 5.97 Å². The van der Waals surface area contributed by atoms with Crippen molar-refractivity contribution in [3.8, 4) is 0 Å². The number of carbonyl (C=O) groups is 1. The van der Waals surface area contributed by atoms with Crippen molar-refractivity contribution in [2.45, 2.75) is 6.92 Å². The molecule has 0 bridgehead atoms. The van der Waals surface area contributed by atoms with Gasteiger partial charge in [0.1, 0.15) is 0 Å². The second-order valence-electron chi connectivity index (χ2n) is 2.22. The van der Waals surface area contributed by atoms with Crippen LogP contribution >= 0.6 is 0 Å². The highest BCUT2D eigenvalue weighted by Gasteiger charge is 2.17. The van der Waals surface area contributed by atoms with Crippen molar-refractivity contribution in [2.75, 3.05) is 6.61 Å². The third-order valence-corrected chi connectivity index (χ3v) is 1.36. The molecule has 5 heteroatoms. The maximum atomic E-state index is 12.8. The number of ether oxygens (including phenoxy) is 1. The predicted octanol–water partition coefficient (Wildman–Crippen LogP) is 0.736. The fourth-order valence-corrected chi connectivity index (χ4v) is 0.829. The summed E-state index contributed by atoms with van der Waals surface area (Å²) in [6.07, 6.45) is 1.22. The summed E-state index contributed by atoms with van der Waals surface area (Å²) in [4.78, 5) is 14.3. The first-order chi connectivity index (χ1) is 5.66. The zero-order chi connectivity index (χ0) is 9.14. The molecule has 0 N–H and O–H groups in total. The van der Waals surface area contributed by atoms with Crippen molar-refractivity contribution in [1.82, 2.24) is 9.55 Å². The van der Waals surface area contributed by atoms with E-state index in [2.05, 4.69) is 9.72 Å². The van der Waals surface area contributed by atoms with Gasteiger partial charge in [0.2, 0.25) is 5.95 Å². The molecule has 0 radical (unpaired) electrons. The summed E-state index contributed by atoms with van der Waals surface area (Å²) in [6.45, 7) is 1.88. The first-order valence-corrected chi connectivity index (χ1v) is 3.50. The zero-order valence-corrected chi connectivity index (χ0v) is 6.87. The molecule has 0 aliphatic carbocycles. The summed E-state index contributed by atoms with van der Waals surface area (Å²) in [5, 5.41) is 0. The maximum absolute atomic E-state index is 12.8. The van der Waals surface area contributed by atoms with Gasteiger partial charge in [-0.25, -0.2) is 9.78 Å². The van der Waals surface area contributed by atoms with Crippen LogP contribution in [0.5, 0.6) is 0 Å². The molecule has 4 nitrogen and oxygen atoms in total. The number of carbonyl (C=O) groups excluding carboxylic acids is 1. The summed E-state index contributed by atoms with van der Waals surface area (Å²) in [7, 11) is 1.53. The first-order valence-electron chi connectivity index (χ1n) is 3.50. The highest BCUT2D eigenvalue weighted by molar-refractivity contribution is 5.87. The van der Waals surface area contributed by atoms with Crippen LogP contribution in [0.3, 0.4) is 0 Å². The molecule has 0 aliphatic rings. The third-order valence-electron chi connectivity index (χ3n) is 1.36. The van der Waals surface area contributed by atoms with Crippen LogP contribution in [0.1, 0.15) is 17.4 Å². The lowest BCUT2D eigenvalue weighted by molar-refractivity contribution is 0.0509. The quantitative estimate of drug-likeness (QED) is 0.618. The second kappa shape index (κ2) is 3.34. The molecular formula is C7H9FN2O2. The van der Waals surface area contributed by atoms with E-state index < -0.39 is 11.9 Å². The molecule has 12 heavy (non-hydrogen) atoms. The summed E-state index contributed by atoms with van der Waals surface area (Å²) in [5.74, 6) is -1.48. The van der Waals surface area contributed by atoms with Gasteiger partial charge in [-0.15, -0.1) is 0 Å². The number of esters is 1. The molecule has 66 valence electrons. The lowest BCUT2D eigenvalue weighted by atomic mass is 10.4. The maximum Gasteiger partial charge on any atom is 0.359 e. The van der Waals surface area contributed by atoms with Crippen LogP contribution in [0.2, 0.25) is 0 Å². The molecule has 1 aromatic rings. The number of aromatic nitrogens is 2. The van der Waals surface area contributed by atoms with Crippen LogP contribution in [0.4, 0.5) is 4.39 Å². The van der Waals surface area contributed by atoms with E-state index in [0.717, 1.165) is 0 Å². The van der Waals surface area contributed by atoms with E-state index in [1.807, 2.05) is 0 Å². The van der Waals surface area contributed by atoms with E-state index in [9.17, 15) is 9.18 Å². The van der Waals surface area contributed by atoms with Crippen LogP contribution in [0.25, 0.3) is 0 Å². The molecule has 1 rings (SSSR count). The molecule has 0 atom stereocenters. The fraction of sp³-hybridized carbons (Fsp3) is 0.429. The van der Waals surface area contributed by atoms with E-state index >= 15 is 0 Å². The highest BCUT2D eigenvalue weighted by Crippen LogP contribution is 2.05. The van der Waals surface area contributed by atoms with Gasteiger partial charge in [-0.2, -0.15) is 4.39 Å². The van der Waals surface area contributed by atoms with E-state index in [4.69, 9.17) is 0 Å². The Balaban J connectivity index is 2.93. The second-order valence-corrected chi connectivity index (χ2v) is 2.22. The number of imidazole rings is 1. The number of hydrogen-bond acceptors (Lipinski definition) is 3. The van der Waals surface area contributed by atoms with Crippen molar-refractivity contribution in [3.63, 3.8) is 0 Å². The van der Waals surface area contributed by atoms with Crippen molar-refractivity contribution in [1.29, 1.82) is 0 Å². The van der Waals surface area contributed by atoms with E-state index in [1.54, 1.807) is 6.92 Å². The molecule has 0 amide bonds. The highest BCUT2D eigenvalue weighted by atomic mass is 19.1. The number of halogens is 1. The standard InChI is InChI=1S/C7H9FN2O2/c1-3-12-7(11)5-6(8)9-4-10(5)2/h4H,3H2,1-2H3. The molecule has 0 aliphatic heterocycles. The largest absolute Gasteiger partial charge is 0.461 e. The molecule has 1 heterocycles. The van der Waals surface area contributed by atoms with Crippen molar-refractivity contribution < 1.29 is 13.9 Å². The van der Waals surface area contributed by atoms with Crippen molar-refractivity contribution in [2.24, 2.45) is 7.05 Å². The number of nitrogens with zero attached hydrogens (tertiary/aromatic N) is 2. The summed E-state index contributed by atoms with van der Waals surface area (Å²) in [5.41, 5.74) is -0.142. The minimum Gasteiger partial charge on any atom is -0.461 e. The van der Waals surface area contributed by atoms with Gasteiger partial charge in [0.05, 0.1) is 12.9 Å². The summed E-state index contributed by atoms with van der Waals surface area (Å²) in [6, 6.07) is 0. The van der Waals surface area contributed by atoms with Gasteiger partial charge in [-0.3, -0.25) is 0 Å². The Bertz CT molecular complexity index is 276. The average Bonchev–Trinajstić information content (AvgIpc) is 2.32. The van der Waals surface area contributed by atoms with Crippen LogP contribution in [-0.2, 0) is 11.8 Å². The number of aryl methyl sites for hydroxylation is 1. The Morgan fingerprint density at radius 1 is 1.83 bits per heavy atom. The van der Waals surface area contributed by atoms with Gasteiger partial charge in [0.25, 0.3) is 0 Å². The predicted molar refractivity (Wildman–Crippen MR) is 39.1 cm³/mol. The Morgan fingerprint density at radius 2 is 2.50 bits per heavy atom. The van der Waals surface area contributed by atoms with E-state index in [0.29, 0.717) is 0 Å². The van der Waals surface area contributed by atoms with Crippen molar-refractivity contribution >= 4 is 5.97 Å². The van der Waals surface area contributed by atoms with E-state index in [-0.39, 0.29) is 12.3 Å². The molecule has 0 unspecified atom stereocenters. The zero-order valence-electron chi connectivity index (χ0n) is 6.87. The Hall–Kier alpha value is -1.39. The lowest BCUT2D eigenvalue weighted by Gasteiger charge is -2.00. The average molecular weight is 172 g/mol. The van der Waals surface area contributed by atoms with Gasteiger partial charge in [-0.1, -0.05) is 0 Å². The number of hydrogen-bond donors (Lipinski definition) is 0. The Morgan fingerprint density at radius 3 is 2.92 bits per heavy atom. The van der Waals surface area contributed by atoms with Gasteiger partial charge in [0.15, 0.2) is 5.69 Å². The van der Waals surface area contributed by atoms with Crippen molar-refractivity contribution in [3.05, 3.63) is 18.0 Å². The Kier molecular flexibility index (Phi) is 2.42. The molecule has 0 spiro atoms. The topological polar surface area (TPSA) is 44.1 Å². The van der Waals surface area contributed by atoms with Crippen LogP contribution in [-0.4, -0.2) is 22.1 Å². The Labute approximate surface area is 69.0 Å². The SMILES string of the molecule is CCOC(=O)c1c(F)ncn1C. The number of rotatable bonds is 2. The molecule has 0 saturated carbocycles. The van der Waals surface area contributed by atoms with Crippen LogP contribution < -0.4 is 0 Å². The van der Waals surface area contributed by atoms with Gasteiger partial charge in [-0.05, 0) is 6.92 Å². The summed E-state index contributed by atoms with van der Waals surface area (Å²) < 4.78 is 18.6. The van der Waals surface area contributed by atoms with Gasteiger partial charge in [0, 0.05) is 7.05 Å². The molecular weight excluding hydrogens is 163 g/mol. The molecule has 0 aromatic carbocycles. The monoisotopic (exact) mass is 172 g/mol. The first kappa shape index (κ1) is 8.70. The molecule has 1 aromatic heterocycles. The van der Waals surface area contributed by atoms with Gasteiger partial charge < -0.3 is 9.30 Å². The van der Waals surface area contributed by atoms with E-state index in [1.165, 1.54) is 17.9 Å². The molecule has 0 saturated heterocycles.